The fourth-order valence-corrected chi connectivity index (χ4v) is 3.55. The normalized spacial score (nSPS) is 14.7. The highest BCUT2D eigenvalue weighted by atomic mass is 16.5. The number of aromatic nitrogens is 2. The van der Waals surface area contributed by atoms with Crippen molar-refractivity contribution in [2.45, 2.75) is 25.3 Å². The summed E-state index contributed by atoms with van der Waals surface area (Å²) in [4.78, 5) is 34.0. The van der Waals surface area contributed by atoms with Crippen molar-refractivity contribution >= 4 is 22.8 Å². The van der Waals surface area contributed by atoms with Gasteiger partial charge in [0.2, 0.25) is 5.91 Å². The van der Waals surface area contributed by atoms with Crippen LogP contribution in [0, 0.1) is 0 Å². The van der Waals surface area contributed by atoms with Crippen molar-refractivity contribution in [2.75, 3.05) is 19.7 Å². The molecule has 0 spiro atoms. The Balaban J connectivity index is 1.21. The van der Waals surface area contributed by atoms with Crippen molar-refractivity contribution in [3.8, 4) is 5.75 Å². The predicted octanol–water partition coefficient (Wildman–Crippen LogP) is 2.75. The van der Waals surface area contributed by atoms with Gasteiger partial charge in [0.25, 0.3) is 5.91 Å². The van der Waals surface area contributed by atoms with Crippen LogP contribution >= 0.6 is 0 Å². The van der Waals surface area contributed by atoms with E-state index in [1.165, 1.54) is 0 Å². The van der Waals surface area contributed by atoms with Gasteiger partial charge in [-0.1, -0.05) is 18.2 Å². The first kappa shape index (κ1) is 19.0. The van der Waals surface area contributed by atoms with E-state index in [-0.39, 0.29) is 17.9 Å². The fourth-order valence-electron chi connectivity index (χ4n) is 3.55. The van der Waals surface area contributed by atoms with Crippen LogP contribution in [0.3, 0.4) is 0 Å². The molecule has 4 rings (SSSR count). The Bertz CT molecular complexity index is 978. The third-order valence-electron chi connectivity index (χ3n) is 5.19. The summed E-state index contributed by atoms with van der Waals surface area (Å²) in [6, 6.07) is 15.0. The molecule has 1 aliphatic rings. The summed E-state index contributed by atoms with van der Waals surface area (Å²) < 4.78 is 5.60. The average Bonchev–Trinajstić information content (AvgIpc) is 3.23. The molecule has 0 atom stereocenters. The molecule has 2 heterocycles. The molecule has 1 saturated heterocycles. The molecule has 1 aromatic heterocycles. The Morgan fingerprint density at radius 1 is 1.14 bits per heavy atom. The monoisotopic (exact) mass is 392 g/mol. The van der Waals surface area contributed by atoms with E-state index in [0.29, 0.717) is 31.7 Å². The first-order valence-electron chi connectivity index (χ1n) is 9.89. The van der Waals surface area contributed by atoms with E-state index in [2.05, 4.69) is 15.3 Å². The van der Waals surface area contributed by atoms with Crippen LogP contribution in [0.2, 0.25) is 0 Å². The highest BCUT2D eigenvalue weighted by molar-refractivity contribution is 5.97. The van der Waals surface area contributed by atoms with Crippen LogP contribution in [0.15, 0.2) is 54.9 Å². The zero-order valence-electron chi connectivity index (χ0n) is 16.1. The number of nitrogens with zero attached hydrogens (tertiary/aromatic N) is 2. The van der Waals surface area contributed by atoms with Gasteiger partial charge in [-0.05, 0) is 43.2 Å². The van der Waals surface area contributed by atoms with Gasteiger partial charge >= 0.3 is 0 Å². The van der Waals surface area contributed by atoms with E-state index in [1.54, 1.807) is 12.4 Å². The van der Waals surface area contributed by atoms with Crippen molar-refractivity contribution in [1.82, 2.24) is 20.2 Å². The number of fused-ring (bicyclic) bond motifs is 1. The van der Waals surface area contributed by atoms with Crippen molar-refractivity contribution < 1.29 is 14.3 Å². The second-order valence-electron chi connectivity index (χ2n) is 7.17. The number of hydrogen-bond acceptors (Lipinski definition) is 4. The largest absolute Gasteiger partial charge is 0.493 e. The first-order valence-corrected chi connectivity index (χ1v) is 9.89. The van der Waals surface area contributed by atoms with Gasteiger partial charge in [0.05, 0.1) is 30.4 Å². The van der Waals surface area contributed by atoms with Crippen molar-refractivity contribution in [3.63, 3.8) is 0 Å². The number of amides is 2. The third kappa shape index (κ3) is 4.74. The number of imidazole rings is 1. The maximum atomic E-state index is 12.5. The van der Waals surface area contributed by atoms with Gasteiger partial charge in [0.1, 0.15) is 5.75 Å². The van der Waals surface area contributed by atoms with Gasteiger partial charge < -0.3 is 19.9 Å². The van der Waals surface area contributed by atoms with Crippen molar-refractivity contribution in [2.24, 2.45) is 0 Å². The summed E-state index contributed by atoms with van der Waals surface area (Å²) in [6.45, 7) is 1.67. The van der Waals surface area contributed by atoms with Crippen molar-refractivity contribution in [3.05, 3.63) is 60.4 Å². The molecule has 3 aromatic rings. The van der Waals surface area contributed by atoms with E-state index < -0.39 is 0 Å². The number of nitrogens with one attached hydrogen (secondary N) is 2. The summed E-state index contributed by atoms with van der Waals surface area (Å²) in [7, 11) is 0. The van der Waals surface area contributed by atoms with Gasteiger partial charge in [-0.2, -0.15) is 0 Å². The standard InChI is InChI=1S/C22H24N4O3/c27-21(10-13-29-18-4-2-1-3-5-18)26-11-8-17(9-12-26)25-22(28)16-6-7-19-20(14-16)24-15-23-19/h1-7,14-15,17H,8-13H2,(H,23,24)(H,25,28). The molecular weight excluding hydrogens is 368 g/mol. The molecule has 29 heavy (non-hydrogen) atoms. The minimum Gasteiger partial charge on any atom is -0.493 e. The number of aromatic amines is 1. The molecule has 150 valence electrons. The van der Waals surface area contributed by atoms with E-state index >= 15 is 0 Å². The van der Waals surface area contributed by atoms with E-state index in [0.717, 1.165) is 29.6 Å². The zero-order valence-corrected chi connectivity index (χ0v) is 16.1. The lowest BCUT2D eigenvalue weighted by atomic mass is 10.0. The van der Waals surface area contributed by atoms with Crippen LogP contribution in [0.4, 0.5) is 0 Å². The second-order valence-corrected chi connectivity index (χ2v) is 7.17. The summed E-state index contributed by atoms with van der Waals surface area (Å²) in [6.07, 6.45) is 3.48. The molecule has 2 N–H and O–H groups in total. The SMILES string of the molecule is O=C(NC1CCN(C(=O)CCOc2ccccc2)CC1)c1ccc2nc[nH]c2c1. The number of benzene rings is 2. The van der Waals surface area contributed by atoms with Crippen LogP contribution in [-0.4, -0.2) is 52.4 Å². The molecule has 2 amide bonds. The molecule has 0 saturated carbocycles. The summed E-state index contributed by atoms with van der Waals surface area (Å²) in [5.74, 6) is 0.771. The third-order valence-corrected chi connectivity index (χ3v) is 5.19. The maximum Gasteiger partial charge on any atom is 0.251 e. The molecule has 1 aliphatic heterocycles. The number of piperidine rings is 1. The Kier molecular flexibility index (Phi) is 5.74. The topological polar surface area (TPSA) is 87.3 Å². The lowest BCUT2D eigenvalue weighted by Gasteiger charge is -2.32. The summed E-state index contributed by atoms with van der Waals surface area (Å²) >= 11 is 0. The number of para-hydroxylation sites is 1. The van der Waals surface area contributed by atoms with Gasteiger partial charge in [-0.15, -0.1) is 0 Å². The summed E-state index contributed by atoms with van der Waals surface area (Å²) in [5.41, 5.74) is 2.29. The second kappa shape index (κ2) is 8.77. The number of hydrogen-bond donors (Lipinski definition) is 2. The summed E-state index contributed by atoms with van der Waals surface area (Å²) in [5, 5.41) is 3.08. The number of carbonyl (C=O) groups excluding carboxylic acids is 2. The van der Waals surface area contributed by atoms with Crippen LogP contribution in [-0.2, 0) is 4.79 Å². The Morgan fingerprint density at radius 3 is 2.72 bits per heavy atom. The van der Waals surface area contributed by atoms with Crippen LogP contribution in [0.5, 0.6) is 5.75 Å². The Morgan fingerprint density at radius 2 is 1.93 bits per heavy atom. The van der Waals surface area contributed by atoms with Crippen molar-refractivity contribution in [1.29, 1.82) is 0 Å². The number of ether oxygens (including phenoxy) is 1. The van der Waals surface area contributed by atoms with E-state index in [9.17, 15) is 9.59 Å². The van der Waals surface area contributed by atoms with E-state index in [1.807, 2.05) is 47.4 Å². The predicted molar refractivity (Wildman–Crippen MR) is 110 cm³/mol. The smallest absolute Gasteiger partial charge is 0.251 e. The number of rotatable bonds is 6. The molecule has 0 bridgehead atoms. The lowest BCUT2D eigenvalue weighted by Crippen LogP contribution is -2.46. The first-order chi connectivity index (χ1) is 14.2. The van der Waals surface area contributed by atoms with Gasteiger partial charge in [-0.25, -0.2) is 4.98 Å². The quantitative estimate of drug-likeness (QED) is 0.675. The van der Waals surface area contributed by atoms with Crippen LogP contribution < -0.4 is 10.1 Å². The van der Waals surface area contributed by atoms with Crippen LogP contribution in [0.1, 0.15) is 29.6 Å². The Labute approximate surface area is 169 Å². The molecule has 7 nitrogen and oxygen atoms in total. The number of H-pyrrole nitrogens is 1. The highest BCUT2D eigenvalue weighted by Gasteiger charge is 2.24. The molecule has 0 radical (unpaired) electrons. The highest BCUT2D eigenvalue weighted by Crippen LogP contribution is 2.15. The molecule has 0 aliphatic carbocycles. The number of carbonyl (C=O) groups is 2. The minimum absolute atomic E-state index is 0.0737. The molecule has 7 heteroatoms. The molecule has 2 aromatic carbocycles. The van der Waals surface area contributed by atoms with Gasteiger partial charge in [-0.3, -0.25) is 9.59 Å². The lowest BCUT2D eigenvalue weighted by molar-refractivity contribution is -0.132. The van der Waals surface area contributed by atoms with Gasteiger partial charge in [0, 0.05) is 24.7 Å². The maximum absolute atomic E-state index is 12.5. The molecular formula is C22H24N4O3. The molecule has 1 fully saturated rings. The van der Waals surface area contributed by atoms with Gasteiger partial charge in [0.15, 0.2) is 0 Å². The van der Waals surface area contributed by atoms with Crippen LogP contribution in [0.25, 0.3) is 11.0 Å². The number of likely N-dealkylation sites (tertiary alicyclic amines) is 1. The van der Waals surface area contributed by atoms with E-state index in [4.69, 9.17) is 4.74 Å². The minimum atomic E-state index is -0.0949. The molecule has 0 unspecified atom stereocenters. The fraction of sp³-hybridized carbons (Fsp3) is 0.318. The zero-order chi connectivity index (χ0) is 20.1. The Hall–Kier alpha value is -3.35. The average molecular weight is 392 g/mol.